The predicted molar refractivity (Wildman–Crippen MR) is 95.7 cm³/mol. The van der Waals surface area contributed by atoms with E-state index in [9.17, 15) is 25.3 Å². The molecule has 0 saturated carbocycles. The van der Waals surface area contributed by atoms with E-state index in [0.29, 0.717) is 18.5 Å². The molecule has 0 saturated heterocycles. The zero-order valence-corrected chi connectivity index (χ0v) is 13.6. The van der Waals surface area contributed by atoms with Gasteiger partial charge in [-0.15, -0.1) is 0 Å². The Morgan fingerprint density at radius 3 is 1.85 bits per heavy atom. The average molecular weight is 353 g/mol. The molecule has 8 nitrogen and oxygen atoms in total. The second-order valence-electron chi connectivity index (χ2n) is 5.70. The summed E-state index contributed by atoms with van der Waals surface area (Å²) in [7, 11) is 0. The summed E-state index contributed by atoms with van der Waals surface area (Å²) in [5.74, 6) is 0.116. The second kappa shape index (κ2) is 7.06. The molecule has 0 atom stereocenters. The third-order valence-corrected chi connectivity index (χ3v) is 4.05. The summed E-state index contributed by atoms with van der Waals surface area (Å²) < 4.78 is 0. The zero-order chi connectivity index (χ0) is 18.7. The van der Waals surface area contributed by atoms with Gasteiger partial charge < -0.3 is 10.0 Å². The number of phenols is 1. The van der Waals surface area contributed by atoms with Crippen molar-refractivity contribution in [2.24, 2.45) is 0 Å². The summed E-state index contributed by atoms with van der Waals surface area (Å²) in [6.07, 6.45) is 3.89. The van der Waals surface area contributed by atoms with Gasteiger partial charge in [0.2, 0.25) is 5.70 Å². The molecule has 2 aromatic rings. The van der Waals surface area contributed by atoms with E-state index in [1.54, 1.807) is 30.3 Å². The highest BCUT2D eigenvalue weighted by Gasteiger charge is 2.21. The van der Waals surface area contributed by atoms with Crippen molar-refractivity contribution >= 4 is 17.1 Å². The molecule has 0 radical (unpaired) electrons. The van der Waals surface area contributed by atoms with E-state index in [4.69, 9.17) is 0 Å². The third kappa shape index (κ3) is 3.54. The molecule has 26 heavy (non-hydrogen) atoms. The number of aromatic hydroxyl groups is 1. The topological polar surface area (TPSA) is 110 Å². The van der Waals surface area contributed by atoms with Crippen molar-refractivity contribution in [3.05, 3.63) is 92.3 Å². The average Bonchev–Trinajstić information content (AvgIpc) is 2.64. The summed E-state index contributed by atoms with van der Waals surface area (Å²) in [4.78, 5) is 22.8. The molecular weight excluding hydrogens is 338 g/mol. The lowest BCUT2D eigenvalue weighted by atomic mass is 10.1. The number of nitrogens with zero attached hydrogens (tertiary/aromatic N) is 3. The number of rotatable bonds is 5. The standard InChI is InChI=1S/C18H15N3O5/c22-18-11-9-15(10-12-18)19(13-1-5-16(6-2-13)20(23)24)14-3-7-17(8-4-14)21(25)26/h1-3,5-7,9-12,22H,4,8H2. The molecule has 0 unspecified atom stereocenters. The highest BCUT2D eigenvalue weighted by atomic mass is 16.6. The maximum atomic E-state index is 10.9. The Hall–Kier alpha value is -3.68. The Morgan fingerprint density at radius 1 is 0.808 bits per heavy atom. The van der Waals surface area contributed by atoms with E-state index in [0.717, 1.165) is 11.4 Å². The van der Waals surface area contributed by atoms with Gasteiger partial charge in [-0.1, -0.05) is 0 Å². The van der Waals surface area contributed by atoms with Crippen LogP contribution in [0, 0.1) is 20.2 Å². The van der Waals surface area contributed by atoms with Crippen LogP contribution in [0.15, 0.2) is 72.1 Å². The van der Waals surface area contributed by atoms with E-state index in [-0.39, 0.29) is 17.1 Å². The van der Waals surface area contributed by atoms with Crippen LogP contribution < -0.4 is 4.90 Å². The minimum absolute atomic E-state index is 0.0208. The van der Waals surface area contributed by atoms with E-state index in [1.165, 1.54) is 30.3 Å². The van der Waals surface area contributed by atoms with Crippen LogP contribution in [0.25, 0.3) is 0 Å². The van der Waals surface area contributed by atoms with E-state index < -0.39 is 9.85 Å². The Labute approximate surface area is 148 Å². The molecule has 8 heteroatoms. The monoisotopic (exact) mass is 353 g/mol. The summed E-state index contributed by atoms with van der Waals surface area (Å²) >= 11 is 0. The number of hydrogen-bond acceptors (Lipinski definition) is 6. The van der Waals surface area contributed by atoms with Crippen molar-refractivity contribution in [2.75, 3.05) is 4.90 Å². The zero-order valence-electron chi connectivity index (χ0n) is 13.6. The largest absolute Gasteiger partial charge is 0.508 e. The third-order valence-electron chi connectivity index (χ3n) is 4.05. The van der Waals surface area contributed by atoms with Crippen molar-refractivity contribution in [3.8, 4) is 5.75 Å². The normalized spacial score (nSPS) is 13.5. The van der Waals surface area contributed by atoms with Crippen LogP contribution in [0.5, 0.6) is 5.75 Å². The fourth-order valence-electron chi connectivity index (χ4n) is 2.76. The number of non-ortho nitro benzene ring substituents is 1. The number of allylic oxidation sites excluding steroid dienone is 4. The molecule has 132 valence electrons. The van der Waals surface area contributed by atoms with Gasteiger partial charge in [-0.25, -0.2) is 0 Å². The van der Waals surface area contributed by atoms with Gasteiger partial charge in [0.1, 0.15) is 5.75 Å². The van der Waals surface area contributed by atoms with Gasteiger partial charge in [-0.2, -0.15) is 0 Å². The van der Waals surface area contributed by atoms with Gasteiger partial charge >= 0.3 is 0 Å². The van der Waals surface area contributed by atoms with E-state index in [1.807, 2.05) is 4.90 Å². The number of nitro groups is 2. The van der Waals surface area contributed by atoms with E-state index in [2.05, 4.69) is 0 Å². The number of hydrogen-bond donors (Lipinski definition) is 1. The molecule has 2 aromatic carbocycles. The first-order valence-electron chi connectivity index (χ1n) is 7.83. The lowest BCUT2D eigenvalue weighted by molar-refractivity contribution is -0.428. The molecule has 1 aliphatic rings. The number of anilines is 2. The van der Waals surface area contributed by atoms with Gasteiger partial charge in [0.05, 0.1) is 9.85 Å². The van der Waals surface area contributed by atoms with Crippen LogP contribution in [0.3, 0.4) is 0 Å². The highest BCUT2D eigenvalue weighted by Crippen LogP contribution is 2.35. The van der Waals surface area contributed by atoms with Gasteiger partial charge in [0.15, 0.2) is 0 Å². The van der Waals surface area contributed by atoms with Crippen LogP contribution in [-0.2, 0) is 0 Å². The molecule has 1 aliphatic carbocycles. The van der Waals surface area contributed by atoms with Crippen LogP contribution >= 0.6 is 0 Å². The molecular formula is C18H15N3O5. The molecule has 0 aliphatic heterocycles. The number of benzene rings is 2. The first kappa shape index (κ1) is 17.2. The van der Waals surface area contributed by atoms with Crippen LogP contribution in [-0.4, -0.2) is 15.0 Å². The van der Waals surface area contributed by atoms with Gasteiger partial charge in [-0.3, -0.25) is 20.2 Å². The summed E-state index contributed by atoms with van der Waals surface area (Å²) in [6.45, 7) is 0. The van der Waals surface area contributed by atoms with Crippen molar-refractivity contribution in [1.82, 2.24) is 0 Å². The molecule has 0 bridgehead atoms. The SMILES string of the molecule is O=[N+]([O-])C1=CC=C(N(c2ccc(O)cc2)c2ccc([N+](=O)[O-])cc2)CC1. The maximum absolute atomic E-state index is 10.9. The summed E-state index contributed by atoms with van der Waals surface area (Å²) in [6, 6.07) is 12.6. The number of nitro benzene ring substituents is 1. The first-order valence-corrected chi connectivity index (χ1v) is 7.83. The summed E-state index contributed by atoms with van der Waals surface area (Å²) in [5.41, 5.74) is 2.36. The van der Waals surface area contributed by atoms with Crippen LogP contribution in [0.4, 0.5) is 17.1 Å². The molecule has 1 N–H and O–H groups in total. The Balaban J connectivity index is 2.04. The Morgan fingerprint density at radius 2 is 1.38 bits per heavy atom. The van der Waals surface area contributed by atoms with Gasteiger partial charge in [0, 0.05) is 41.7 Å². The summed E-state index contributed by atoms with van der Waals surface area (Å²) in [5, 5.41) is 31.3. The molecule has 3 rings (SSSR count). The lowest BCUT2D eigenvalue weighted by Gasteiger charge is -2.28. The minimum Gasteiger partial charge on any atom is -0.508 e. The predicted octanol–water partition coefficient (Wildman–Crippen LogP) is 4.28. The van der Waals surface area contributed by atoms with Gasteiger partial charge in [0.25, 0.3) is 5.69 Å². The second-order valence-corrected chi connectivity index (χ2v) is 5.70. The Bertz CT molecular complexity index is 901. The van der Waals surface area contributed by atoms with Crippen molar-refractivity contribution in [3.63, 3.8) is 0 Å². The van der Waals surface area contributed by atoms with Crippen molar-refractivity contribution < 1.29 is 15.0 Å². The molecule has 0 amide bonds. The van der Waals surface area contributed by atoms with Crippen molar-refractivity contribution in [1.29, 1.82) is 0 Å². The fraction of sp³-hybridized carbons (Fsp3) is 0.111. The molecule has 0 heterocycles. The molecule has 0 spiro atoms. The smallest absolute Gasteiger partial charge is 0.269 e. The highest BCUT2D eigenvalue weighted by molar-refractivity contribution is 5.70. The fourth-order valence-corrected chi connectivity index (χ4v) is 2.76. The van der Waals surface area contributed by atoms with Crippen LogP contribution in [0.2, 0.25) is 0 Å². The van der Waals surface area contributed by atoms with Crippen LogP contribution in [0.1, 0.15) is 12.8 Å². The molecule has 0 aromatic heterocycles. The Kier molecular flexibility index (Phi) is 4.66. The minimum atomic E-state index is -0.472. The quantitative estimate of drug-likeness (QED) is 0.634. The van der Waals surface area contributed by atoms with Gasteiger partial charge in [-0.05, 0) is 48.9 Å². The van der Waals surface area contributed by atoms with E-state index >= 15 is 0 Å². The maximum Gasteiger partial charge on any atom is 0.269 e. The van der Waals surface area contributed by atoms with Crippen molar-refractivity contribution in [2.45, 2.75) is 12.8 Å². The molecule has 0 fully saturated rings. The first-order chi connectivity index (χ1) is 12.5. The number of phenolic OH excluding ortho intramolecular Hbond substituents is 1. The lowest BCUT2D eigenvalue weighted by Crippen LogP contribution is -2.18.